The Balaban J connectivity index is 0.000000182. The van der Waals surface area contributed by atoms with Gasteiger partial charge in [-0.3, -0.25) is 14.4 Å². The van der Waals surface area contributed by atoms with Gasteiger partial charge >= 0.3 is 17.2 Å². The van der Waals surface area contributed by atoms with E-state index in [2.05, 4.69) is 0 Å². The third-order valence-electron chi connectivity index (χ3n) is 10.9. The Bertz CT molecular complexity index is 2680. The second kappa shape index (κ2) is 18.3. The number of hydrogen-bond donors (Lipinski definition) is 1. The molecule has 0 spiro atoms. The maximum atomic E-state index is 12.6. The number of piperidine rings is 1. The lowest BCUT2D eigenvalue weighted by Crippen LogP contribution is -2.43. The van der Waals surface area contributed by atoms with Crippen molar-refractivity contribution >= 4 is 51.3 Å². The molecule has 0 aliphatic carbocycles. The van der Waals surface area contributed by atoms with Crippen molar-refractivity contribution in [2.24, 2.45) is 5.92 Å². The van der Waals surface area contributed by atoms with Crippen molar-refractivity contribution in [3.05, 3.63) is 128 Å². The maximum absolute atomic E-state index is 12.6. The van der Waals surface area contributed by atoms with Crippen molar-refractivity contribution in [2.75, 3.05) is 26.2 Å². The van der Waals surface area contributed by atoms with E-state index in [0.717, 1.165) is 48.0 Å². The van der Waals surface area contributed by atoms with Gasteiger partial charge in [0, 0.05) is 82.9 Å². The van der Waals surface area contributed by atoms with Crippen molar-refractivity contribution in [3.8, 4) is 33.8 Å². The van der Waals surface area contributed by atoms with Gasteiger partial charge in [-0.25, -0.2) is 9.59 Å². The minimum atomic E-state index is -0.900. The van der Waals surface area contributed by atoms with Crippen LogP contribution in [0.2, 0.25) is 5.02 Å². The summed E-state index contributed by atoms with van der Waals surface area (Å²) in [5.41, 5.74) is 4.08. The Labute approximate surface area is 350 Å². The minimum Gasteiger partial charge on any atom is -0.481 e. The number of hydrogen-bond acceptors (Lipinski definition) is 9. The first-order chi connectivity index (χ1) is 28.9. The van der Waals surface area contributed by atoms with Crippen LogP contribution in [0, 0.1) is 12.8 Å². The summed E-state index contributed by atoms with van der Waals surface area (Å²) in [6.45, 7) is 7.53. The Morgan fingerprint density at radius 2 is 1.18 bits per heavy atom. The number of carboxylic acids is 1. The van der Waals surface area contributed by atoms with Gasteiger partial charge in [-0.2, -0.15) is 0 Å². The fourth-order valence-corrected chi connectivity index (χ4v) is 7.97. The standard InChI is InChI=1S/C24H25NO4.C23H20ClNO6/c1-16-8-4-5-9-19(16)21-15-23(26)29-22-14-18(10-11-20(21)22)28-17(2)24(27)25-12-6-3-7-13-25;1-13(22(27)25-9-8-14(12-25)23(28)29)30-15-6-7-17-18(11-21(26)31-20(17)10-15)16-4-2-3-5-19(16)24/h4-5,8-11,14-15,17H,3,6-7,12-13H2,1-2H3;2-7,10-11,13-14H,8-9,12H2,1H3,(H,28,29)/t17-;13?,14-/m10/s1. The highest BCUT2D eigenvalue weighted by molar-refractivity contribution is 6.33. The molecule has 310 valence electrons. The van der Waals surface area contributed by atoms with Crippen LogP contribution in [-0.2, 0) is 14.4 Å². The fourth-order valence-electron chi connectivity index (χ4n) is 7.73. The number of likely N-dealkylation sites (tertiary alicyclic amines) is 2. The first kappa shape index (κ1) is 41.7. The fraction of sp³-hybridized carbons (Fsp3) is 0.298. The quantitative estimate of drug-likeness (QED) is 0.141. The van der Waals surface area contributed by atoms with Crippen molar-refractivity contribution in [1.82, 2.24) is 9.80 Å². The van der Waals surface area contributed by atoms with E-state index in [0.29, 0.717) is 57.2 Å². The molecule has 4 aromatic carbocycles. The summed E-state index contributed by atoms with van der Waals surface area (Å²) >= 11 is 6.30. The zero-order chi connectivity index (χ0) is 42.5. The van der Waals surface area contributed by atoms with Crippen LogP contribution >= 0.6 is 11.6 Å². The molecule has 2 aliphatic rings. The predicted molar refractivity (Wildman–Crippen MR) is 229 cm³/mol. The van der Waals surface area contributed by atoms with Crippen molar-refractivity contribution in [3.63, 3.8) is 0 Å². The summed E-state index contributed by atoms with van der Waals surface area (Å²) in [6, 6.07) is 28.5. The molecule has 1 unspecified atom stereocenters. The third kappa shape index (κ3) is 9.39. The molecule has 2 fully saturated rings. The van der Waals surface area contributed by atoms with Crippen LogP contribution in [0.3, 0.4) is 0 Å². The summed E-state index contributed by atoms with van der Waals surface area (Å²) < 4.78 is 22.4. The van der Waals surface area contributed by atoms with Crippen LogP contribution in [-0.4, -0.2) is 71.1 Å². The van der Waals surface area contributed by atoms with Crippen LogP contribution in [0.15, 0.2) is 115 Å². The second-order valence-electron chi connectivity index (χ2n) is 15.1. The Hall–Kier alpha value is -6.40. The van der Waals surface area contributed by atoms with E-state index in [-0.39, 0.29) is 18.4 Å². The molecule has 2 aromatic heterocycles. The highest BCUT2D eigenvalue weighted by Crippen LogP contribution is 2.35. The number of aryl methyl sites for hydroxylation is 1. The van der Waals surface area contributed by atoms with E-state index >= 15 is 0 Å². The van der Waals surface area contributed by atoms with Gasteiger partial charge in [0.15, 0.2) is 12.2 Å². The smallest absolute Gasteiger partial charge is 0.336 e. The molecule has 2 amide bonds. The molecule has 2 aliphatic heterocycles. The van der Waals surface area contributed by atoms with Gasteiger partial charge in [0.2, 0.25) is 0 Å². The van der Waals surface area contributed by atoms with Gasteiger partial charge in [-0.1, -0.05) is 54.1 Å². The molecule has 1 N–H and O–H groups in total. The first-order valence-corrected chi connectivity index (χ1v) is 20.3. The molecule has 12 nitrogen and oxygen atoms in total. The number of ether oxygens (including phenoxy) is 2. The zero-order valence-electron chi connectivity index (χ0n) is 33.5. The van der Waals surface area contributed by atoms with Gasteiger partial charge in [-0.15, -0.1) is 0 Å². The minimum absolute atomic E-state index is 0.0000827. The van der Waals surface area contributed by atoms with Gasteiger partial charge in [0.1, 0.15) is 22.7 Å². The largest absolute Gasteiger partial charge is 0.481 e. The third-order valence-corrected chi connectivity index (χ3v) is 11.2. The van der Waals surface area contributed by atoms with E-state index in [1.165, 1.54) is 23.5 Å². The number of carbonyl (C=O) groups is 3. The summed E-state index contributed by atoms with van der Waals surface area (Å²) in [5, 5.41) is 11.1. The Kier molecular flexibility index (Phi) is 12.7. The molecule has 4 heterocycles. The number of halogens is 1. The molecular weight excluding hydrogens is 788 g/mol. The molecule has 60 heavy (non-hydrogen) atoms. The lowest BCUT2D eigenvalue weighted by atomic mass is 9.98. The zero-order valence-corrected chi connectivity index (χ0v) is 34.3. The lowest BCUT2D eigenvalue weighted by Gasteiger charge is -2.29. The van der Waals surface area contributed by atoms with Crippen LogP contribution in [0.5, 0.6) is 11.5 Å². The normalized spacial score (nSPS) is 16.2. The monoisotopic (exact) mass is 832 g/mol. The van der Waals surface area contributed by atoms with E-state index in [9.17, 15) is 24.0 Å². The Morgan fingerprint density at radius 1 is 0.667 bits per heavy atom. The van der Waals surface area contributed by atoms with Gasteiger partial charge in [-0.05, 0) is 87.9 Å². The molecule has 8 rings (SSSR count). The second-order valence-corrected chi connectivity index (χ2v) is 15.5. The van der Waals surface area contributed by atoms with Crippen LogP contribution in [0.1, 0.15) is 45.1 Å². The number of fused-ring (bicyclic) bond motifs is 2. The number of amides is 2. The molecule has 3 atom stereocenters. The highest BCUT2D eigenvalue weighted by Gasteiger charge is 2.33. The summed E-state index contributed by atoms with van der Waals surface area (Å²) in [6.07, 6.45) is 2.29. The Morgan fingerprint density at radius 3 is 1.72 bits per heavy atom. The molecule has 0 saturated carbocycles. The topological polar surface area (TPSA) is 157 Å². The van der Waals surface area contributed by atoms with E-state index in [1.54, 1.807) is 44.2 Å². The van der Waals surface area contributed by atoms with Crippen LogP contribution < -0.4 is 20.7 Å². The summed E-state index contributed by atoms with van der Waals surface area (Å²) in [5.74, 6) is -0.852. The van der Waals surface area contributed by atoms with Crippen LogP contribution in [0.4, 0.5) is 0 Å². The highest BCUT2D eigenvalue weighted by atomic mass is 35.5. The van der Waals surface area contributed by atoms with E-state index < -0.39 is 35.3 Å². The number of carboxylic acid groups (broad SMARTS) is 1. The van der Waals surface area contributed by atoms with Crippen molar-refractivity contribution in [1.29, 1.82) is 0 Å². The molecule has 0 bridgehead atoms. The number of benzene rings is 4. The molecule has 0 radical (unpaired) electrons. The molecule has 2 saturated heterocycles. The maximum Gasteiger partial charge on any atom is 0.336 e. The average molecular weight is 833 g/mol. The SMILES string of the molecule is CC(Oc1ccc2c(-c3ccccc3Cl)cc(=O)oc2c1)C(=O)N1CC[C@H](C(=O)O)C1.Cc1ccccc1-c1cc(=O)oc2cc(O[C@H](C)C(=O)N3CCCCC3)ccc12. The number of aliphatic carboxylic acids is 1. The number of nitrogens with zero attached hydrogens (tertiary/aromatic N) is 2. The van der Waals surface area contributed by atoms with Crippen molar-refractivity contribution in [2.45, 2.75) is 58.7 Å². The molecular formula is C47H45ClN2O10. The molecule has 13 heteroatoms. The van der Waals surface area contributed by atoms with E-state index in [1.807, 2.05) is 66.4 Å². The van der Waals surface area contributed by atoms with E-state index in [4.69, 9.17) is 35.0 Å². The summed E-state index contributed by atoms with van der Waals surface area (Å²) in [4.78, 5) is 64.0. The molecule has 6 aromatic rings. The first-order valence-electron chi connectivity index (χ1n) is 20.0. The van der Waals surface area contributed by atoms with Gasteiger partial charge in [0.05, 0.1) is 5.92 Å². The number of carbonyl (C=O) groups excluding carboxylic acids is 2. The van der Waals surface area contributed by atoms with Gasteiger partial charge < -0.3 is 33.2 Å². The average Bonchev–Trinajstić information content (AvgIpc) is 3.74. The number of rotatable bonds is 9. The lowest BCUT2D eigenvalue weighted by molar-refractivity contribution is -0.142. The predicted octanol–water partition coefficient (Wildman–Crippen LogP) is 8.36. The summed E-state index contributed by atoms with van der Waals surface area (Å²) in [7, 11) is 0. The van der Waals surface area contributed by atoms with Crippen LogP contribution in [0.25, 0.3) is 44.2 Å². The van der Waals surface area contributed by atoms with Gasteiger partial charge in [0.25, 0.3) is 11.8 Å². The van der Waals surface area contributed by atoms with Crippen molar-refractivity contribution < 1.29 is 37.8 Å².